The van der Waals surface area contributed by atoms with E-state index in [4.69, 9.17) is 0 Å². The Labute approximate surface area is 96.0 Å². The number of hydrogen-bond acceptors (Lipinski definition) is 3. The third kappa shape index (κ3) is 3.38. The molecule has 1 atom stereocenters. The molecule has 0 aliphatic carbocycles. The number of nitrogens with one attached hydrogen (secondary N) is 1. The van der Waals surface area contributed by atoms with Crippen molar-refractivity contribution in [2.45, 2.75) is 19.3 Å². The quantitative estimate of drug-likeness (QED) is 0.764. The summed E-state index contributed by atoms with van der Waals surface area (Å²) in [7, 11) is 0. The van der Waals surface area contributed by atoms with Gasteiger partial charge in [0.25, 0.3) is 0 Å². The van der Waals surface area contributed by atoms with Gasteiger partial charge in [0.1, 0.15) is 0 Å². The number of piperazine rings is 1. The van der Waals surface area contributed by atoms with E-state index in [1.165, 1.54) is 24.3 Å². The first-order valence-electron chi connectivity index (χ1n) is 5.92. The largest absolute Gasteiger partial charge is 0.340 e. The van der Waals surface area contributed by atoms with Crippen molar-refractivity contribution in [2.24, 2.45) is 5.92 Å². The third-order valence-electron chi connectivity index (χ3n) is 3.19. The molecule has 2 aliphatic heterocycles. The lowest BCUT2D eigenvalue weighted by molar-refractivity contribution is -0.132. The Morgan fingerprint density at radius 3 is 2.87 bits per heavy atom. The molecule has 1 N–H and O–H groups in total. The third-order valence-corrected chi connectivity index (χ3v) is 4.47. The number of rotatable bonds is 2. The fourth-order valence-electron chi connectivity index (χ4n) is 2.26. The predicted molar refractivity (Wildman–Crippen MR) is 64.1 cm³/mol. The molecule has 0 aromatic heterocycles. The van der Waals surface area contributed by atoms with Gasteiger partial charge in [-0.3, -0.25) is 4.79 Å². The summed E-state index contributed by atoms with van der Waals surface area (Å²) in [5.41, 5.74) is 0. The summed E-state index contributed by atoms with van der Waals surface area (Å²) in [5, 5.41) is 3.28. The van der Waals surface area contributed by atoms with E-state index in [2.05, 4.69) is 5.32 Å². The first kappa shape index (κ1) is 11.3. The highest BCUT2D eigenvalue weighted by atomic mass is 32.2. The van der Waals surface area contributed by atoms with Crippen molar-refractivity contribution >= 4 is 17.7 Å². The standard InChI is InChI=1S/C11H20N2OS/c14-11(13-5-3-12-4-6-13)8-10-2-1-7-15-9-10/h10,12H,1-9H2. The van der Waals surface area contributed by atoms with Gasteiger partial charge in [-0.15, -0.1) is 0 Å². The number of carbonyl (C=O) groups excluding carboxylic acids is 1. The second-order valence-corrected chi connectivity index (χ2v) is 5.57. The van der Waals surface area contributed by atoms with Crippen LogP contribution in [-0.2, 0) is 4.79 Å². The van der Waals surface area contributed by atoms with E-state index in [0.29, 0.717) is 11.8 Å². The molecule has 86 valence electrons. The fraction of sp³-hybridized carbons (Fsp3) is 0.909. The van der Waals surface area contributed by atoms with Crippen LogP contribution in [0.2, 0.25) is 0 Å². The van der Waals surface area contributed by atoms with Gasteiger partial charge >= 0.3 is 0 Å². The summed E-state index contributed by atoms with van der Waals surface area (Å²) in [6.07, 6.45) is 3.34. The number of nitrogens with zero attached hydrogens (tertiary/aromatic N) is 1. The molecule has 1 unspecified atom stereocenters. The lowest BCUT2D eigenvalue weighted by atomic mass is 10.0. The van der Waals surface area contributed by atoms with Gasteiger partial charge in [0.05, 0.1) is 0 Å². The fourth-order valence-corrected chi connectivity index (χ4v) is 3.41. The number of amides is 1. The molecule has 15 heavy (non-hydrogen) atoms. The first-order valence-corrected chi connectivity index (χ1v) is 7.08. The Balaban J connectivity index is 1.74. The van der Waals surface area contributed by atoms with Crippen LogP contribution in [0, 0.1) is 5.92 Å². The summed E-state index contributed by atoms with van der Waals surface area (Å²) < 4.78 is 0. The van der Waals surface area contributed by atoms with E-state index in [-0.39, 0.29) is 0 Å². The summed E-state index contributed by atoms with van der Waals surface area (Å²) in [6, 6.07) is 0. The Morgan fingerprint density at radius 1 is 1.40 bits per heavy atom. The van der Waals surface area contributed by atoms with Gasteiger partial charge in [-0.05, 0) is 30.3 Å². The van der Waals surface area contributed by atoms with Crippen LogP contribution in [0.3, 0.4) is 0 Å². The maximum Gasteiger partial charge on any atom is 0.222 e. The number of carbonyl (C=O) groups is 1. The molecule has 2 aliphatic rings. The Kier molecular flexibility index (Phi) is 4.32. The SMILES string of the molecule is O=C(CC1CCCSC1)N1CCNCC1. The van der Waals surface area contributed by atoms with Gasteiger partial charge in [-0.1, -0.05) is 0 Å². The molecule has 1 amide bonds. The molecule has 2 fully saturated rings. The smallest absolute Gasteiger partial charge is 0.222 e. The molecule has 0 aromatic carbocycles. The van der Waals surface area contributed by atoms with Crippen molar-refractivity contribution in [3.8, 4) is 0 Å². The highest BCUT2D eigenvalue weighted by Gasteiger charge is 2.22. The van der Waals surface area contributed by atoms with E-state index in [1.807, 2.05) is 16.7 Å². The van der Waals surface area contributed by atoms with E-state index in [0.717, 1.165) is 32.6 Å². The van der Waals surface area contributed by atoms with Crippen molar-refractivity contribution < 1.29 is 4.79 Å². The molecule has 4 heteroatoms. The van der Waals surface area contributed by atoms with Gasteiger partial charge in [0, 0.05) is 32.6 Å². The topological polar surface area (TPSA) is 32.3 Å². The molecule has 0 radical (unpaired) electrons. The molecule has 2 saturated heterocycles. The van der Waals surface area contributed by atoms with Crippen LogP contribution in [-0.4, -0.2) is 48.5 Å². The minimum Gasteiger partial charge on any atom is -0.340 e. The van der Waals surface area contributed by atoms with Gasteiger partial charge in [-0.25, -0.2) is 0 Å². The highest BCUT2D eigenvalue weighted by molar-refractivity contribution is 7.99. The lowest BCUT2D eigenvalue weighted by Gasteiger charge is -2.29. The van der Waals surface area contributed by atoms with E-state index in [1.54, 1.807) is 0 Å². The summed E-state index contributed by atoms with van der Waals surface area (Å²) >= 11 is 2.01. The molecule has 0 saturated carbocycles. The summed E-state index contributed by atoms with van der Waals surface area (Å²) in [5.74, 6) is 3.51. The molecule has 0 spiro atoms. The molecular formula is C11H20N2OS. The van der Waals surface area contributed by atoms with Crippen molar-refractivity contribution in [1.82, 2.24) is 10.2 Å². The molecule has 2 heterocycles. The molecule has 2 rings (SSSR count). The normalized spacial score (nSPS) is 27.7. The van der Waals surface area contributed by atoms with Crippen LogP contribution in [0.1, 0.15) is 19.3 Å². The van der Waals surface area contributed by atoms with Crippen LogP contribution in [0.4, 0.5) is 0 Å². The zero-order valence-electron chi connectivity index (χ0n) is 9.21. The first-order chi connectivity index (χ1) is 7.36. The van der Waals surface area contributed by atoms with E-state index < -0.39 is 0 Å². The van der Waals surface area contributed by atoms with E-state index >= 15 is 0 Å². The lowest BCUT2D eigenvalue weighted by Crippen LogP contribution is -2.46. The number of thioether (sulfide) groups is 1. The highest BCUT2D eigenvalue weighted by Crippen LogP contribution is 2.25. The van der Waals surface area contributed by atoms with Gasteiger partial charge < -0.3 is 10.2 Å². The molecule has 0 aromatic rings. The minimum absolute atomic E-state index is 0.379. The van der Waals surface area contributed by atoms with Crippen LogP contribution >= 0.6 is 11.8 Å². The van der Waals surface area contributed by atoms with Crippen LogP contribution in [0.15, 0.2) is 0 Å². The Morgan fingerprint density at radius 2 is 2.20 bits per heavy atom. The number of hydrogen-bond donors (Lipinski definition) is 1. The Hall–Kier alpha value is -0.220. The zero-order valence-corrected chi connectivity index (χ0v) is 10.0. The van der Waals surface area contributed by atoms with Gasteiger partial charge in [0.2, 0.25) is 5.91 Å². The van der Waals surface area contributed by atoms with E-state index in [9.17, 15) is 4.79 Å². The van der Waals surface area contributed by atoms with Crippen molar-refractivity contribution in [3.05, 3.63) is 0 Å². The second-order valence-electron chi connectivity index (χ2n) is 4.42. The molecule has 3 nitrogen and oxygen atoms in total. The van der Waals surface area contributed by atoms with Crippen molar-refractivity contribution in [2.75, 3.05) is 37.7 Å². The second kappa shape index (κ2) is 5.75. The van der Waals surface area contributed by atoms with Crippen molar-refractivity contribution in [1.29, 1.82) is 0 Å². The summed E-state index contributed by atoms with van der Waals surface area (Å²) in [4.78, 5) is 14.0. The average molecular weight is 228 g/mol. The summed E-state index contributed by atoms with van der Waals surface area (Å²) in [6.45, 7) is 3.73. The van der Waals surface area contributed by atoms with Crippen LogP contribution < -0.4 is 5.32 Å². The van der Waals surface area contributed by atoms with Gasteiger partial charge in [0.15, 0.2) is 0 Å². The Bertz CT molecular complexity index is 211. The molecule has 0 bridgehead atoms. The maximum atomic E-state index is 12.0. The van der Waals surface area contributed by atoms with Crippen LogP contribution in [0.5, 0.6) is 0 Å². The van der Waals surface area contributed by atoms with Gasteiger partial charge in [-0.2, -0.15) is 11.8 Å². The monoisotopic (exact) mass is 228 g/mol. The predicted octanol–water partition coefficient (Wildman–Crippen LogP) is 0.952. The van der Waals surface area contributed by atoms with Crippen LogP contribution in [0.25, 0.3) is 0 Å². The molecular weight excluding hydrogens is 208 g/mol. The maximum absolute atomic E-state index is 12.0. The average Bonchev–Trinajstić information content (AvgIpc) is 2.31. The zero-order chi connectivity index (χ0) is 10.5. The minimum atomic E-state index is 0.379. The van der Waals surface area contributed by atoms with Crippen molar-refractivity contribution in [3.63, 3.8) is 0 Å².